The van der Waals surface area contributed by atoms with E-state index in [9.17, 15) is 75.4 Å². The molecule has 5 N–H and O–H groups in total. The zero-order valence-electron chi connectivity index (χ0n) is 38.4. The fourth-order valence-electron chi connectivity index (χ4n) is 6.48. The van der Waals surface area contributed by atoms with Crippen molar-refractivity contribution in [3.05, 3.63) is 146 Å². The molecule has 6 aromatic heterocycles. The number of fused-ring (bicyclic) bond motifs is 2. The Balaban J connectivity index is 0.000000213. The van der Waals surface area contributed by atoms with Crippen molar-refractivity contribution >= 4 is 51.9 Å². The number of alkyl halides is 12. The van der Waals surface area contributed by atoms with Gasteiger partial charge in [-0.05, 0) is 49.2 Å². The van der Waals surface area contributed by atoms with Crippen LogP contribution in [0.15, 0.2) is 73.8 Å². The smallest absolute Gasteiger partial charge is 0.373 e. The van der Waals surface area contributed by atoms with Crippen LogP contribution in [0.1, 0.15) is 33.6 Å². The summed E-state index contributed by atoms with van der Waals surface area (Å²) in [4.78, 5) is 33.4. The molecule has 8 rings (SSSR count). The highest BCUT2D eigenvalue weighted by atomic mass is 35.5. The molecule has 0 fully saturated rings. The summed E-state index contributed by atoms with van der Waals surface area (Å²) in [7, 11) is 0. The first kappa shape index (κ1) is 59.5. The van der Waals surface area contributed by atoms with Gasteiger partial charge in [0.05, 0.1) is 35.3 Å². The van der Waals surface area contributed by atoms with E-state index < -0.39 is 83.1 Å². The van der Waals surface area contributed by atoms with E-state index in [1.807, 2.05) is 0 Å². The fourth-order valence-corrected chi connectivity index (χ4v) is 6.86. The lowest BCUT2D eigenvalue weighted by atomic mass is 10.0. The quantitative estimate of drug-likeness (QED) is 0.0750. The standard InChI is InChI=1S/C22H15ClF8N6O.C18H11Cl2F2N5.C4H5F6NO/c1-10-13(24)4-11(5-14(10)25)6-15-19-32-2-3-37(19)8-16(35-15)18-33-7-12(23)17(36-18)34-9-20(38,21(26,27)28)22(29,30)31;1-9-12(21)4-10(5-13(9)22)6-14-18-23-2-3-27(18)8-15(25-14)17-24-7-11(19)16(20)26-17;5-3(6,7)2(12,1-11)4(8,9)10/h2-5,7-8,38H,6,9H2,1H3,(H,33,34,36);2-5,7-8H,6H2,1H3;12H,1,11H2. The Hall–Kier alpha value is -6.73. The molecule has 33 heteroatoms. The predicted octanol–water partition coefficient (Wildman–Crippen LogP) is 10.8. The minimum Gasteiger partial charge on any atom is -0.373 e. The predicted molar refractivity (Wildman–Crippen MR) is 243 cm³/mol. The minimum absolute atomic E-state index is 0.0137. The van der Waals surface area contributed by atoms with Crippen LogP contribution < -0.4 is 11.1 Å². The van der Waals surface area contributed by atoms with E-state index >= 15 is 0 Å². The summed E-state index contributed by atoms with van der Waals surface area (Å²) >= 11 is 17.7. The largest absolute Gasteiger partial charge is 0.428 e. The lowest BCUT2D eigenvalue weighted by molar-refractivity contribution is -0.363. The Morgan fingerprint density at radius 1 is 0.545 bits per heavy atom. The Morgan fingerprint density at radius 3 is 1.27 bits per heavy atom. The number of hydrogen-bond acceptors (Lipinski definition) is 12. The number of hydrogen-bond donors (Lipinski definition) is 4. The minimum atomic E-state index is -6.06. The van der Waals surface area contributed by atoms with E-state index in [4.69, 9.17) is 39.9 Å². The van der Waals surface area contributed by atoms with Crippen LogP contribution in [0, 0.1) is 37.1 Å². The van der Waals surface area contributed by atoms with Crippen molar-refractivity contribution in [3.63, 3.8) is 0 Å². The van der Waals surface area contributed by atoms with Crippen molar-refractivity contribution in [2.24, 2.45) is 5.73 Å². The highest BCUT2D eigenvalue weighted by molar-refractivity contribution is 6.41. The molecular weight excluding hydrogens is 1140 g/mol. The third kappa shape index (κ3) is 12.8. The first-order chi connectivity index (χ1) is 35.6. The van der Waals surface area contributed by atoms with Crippen LogP contribution in [0.2, 0.25) is 15.2 Å². The number of benzene rings is 2. The maximum absolute atomic E-state index is 14.0. The van der Waals surface area contributed by atoms with Gasteiger partial charge in [-0.1, -0.05) is 34.8 Å². The summed E-state index contributed by atoms with van der Waals surface area (Å²) in [5, 5.41) is 19.2. The molecule has 0 atom stereocenters. The summed E-state index contributed by atoms with van der Waals surface area (Å²) in [5.74, 6) is -3.38. The van der Waals surface area contributed by atoms with Gasteiger partial charge in [-0.2, -0.15) is 52.7 Å². The average Bonchev–Trinajstić information content (AvgIpc) is 4.02. The molecule has 0 spiro atoms. The maximum Gasteiger partial charge on any atom is 0.428 e. The number of aliphatic hydroxyl groups is 2. The third-order valence-corrected chi connectivity index (χ3v) is 11.8. The van der Waals surface area contributed by atoms with Gasteiger partial charge in [0.15, 0.2) is 28.1 Å². The first-order valence-electron chi connectivity index (χ1n) is 21.0. The lowest BCUT2D eigenvalue weighted by Crippen LogP contribution is -2.61. The molecule has 0 bridgehead atoms. The van der Waals surface area contributed by atoms with Crippen LogP contribution in [-0.2, 0) is 12.8 Å². The van der Waals surface area contributed by atoms with E-state index in [2.05, 4.69) is 45.6 Å². The number of nitrogens with one attached hydrogen (secondary N) is 1. The van der Waals surface area contributed by atoms with Crippen LogP contribution in [0.3, 0.4) is 0 Å². The van der Waals surface area contributed by atoms with Crippen molar-refractivity contribution < 1.29 is 80.5 Å². The van der Waals surface area contributed by atoms with Gasteiger partial charge in [0.1, 0.15) is 45.5 Å². The van der Waals surface area contributed by atoms with Gasteiger partial charge in [-0.3, -0.25) is 0 Å². The van der Waals surface area contributed by atoms with Crippen LogP contribution in [-0.4, -0.2) is 108 Å². The van der Waals surface area contributed by atoms with E-state index in [0.717, 1.165) is 18.3 Å². The number of halogens is 19. The second-order valence-corrected chi connectivity index (χ2v) is 17.3. The van der Waals surface area contributed by atoms with E-state index in [1.54, 1.807) is 28.3 Å². The van der Waals surface area contributed by atoms with Crippen LogP contribution in [0.5, 0.6) is 0 Å². The second kappa shape index (κ2) is 22.3. The molecule has 0 aliphatic carbocycles. The van der Waals surface area contributed by atoms with Crippen LogP contribution in [0.25, 0.3) is 34.3 Å². The molecule has 14 nitrogen and oxygen atoms in total. The van der Waals surface area contributed by atoms with Gasteiger partial charge >= 0.3 is 24.7 Å². The van der Waals surface area contributed by atoms with Crippen molar-refractivity contribution in [1.82, 2.24) is 48.7 Å². The molecule has 412 valence electrons. The number of rotatable bonds is 10. The van der Waals surface area contributed by atoms with Crippen molar-refractivity contribution in [2.45, 2.75) is 62.6 Å². The molecule has 6 heterocycles. The zero-order chi connectivity index (χ0) is 57.4. The Bertz CT molecular complexity index is 3370. The van der Waals surface area contributed by atoms with Gasteiger partial charge < -0.3 is 30.1 Å². The normalized spacial score (nSPS) is 12.6. The number of imidazole rings is 2. The number of nitrogens with two attached hydrogens (primary N) is 1. The number of anilines is 1. The second-order valence-electron chi connectivity index (χ2n) is 16.2. The molecule has 0 amide bonds. The van der Waals surface area contributed by atoms with Gasteiger partial charge in [0.25, 0.3) is 11.2 Å². The van der Waals surface area contributed by atoms with E-state index in [0.29, 0.717) is 28.2 Å². The molecule has 8 aromatic rings. The zero-order valence-corrected chi connectivity index (χ0v) is 40.6. The highest BCUT2D eigenvalue weighted by Gasteiger charge is 2.71. The van der Waals surface area contributed by atoms with Crippen molar-refractivity contribution in [1.29, 1.82) is 0 Å². The molecule has 0 radical (unpaired) electrons. The van der Waals surface area contributed by atoms with Crippen molar-refractivity contribution in [2.75, 3.05) is 18.4 Å². The van der Waals surface area contributed by atoms with Gasteiger partial charge in [-0.25, -0.2) is 57.4 Å². The maximum atomic E-state index is 14.0. The molecule has 0 aliphatic heterocycles. The van der Waals surface area contributed by atoms with Crippen LogP contribution in [0.4, 0.5) is 76.1 Å². The Morgan fingerprint density at radius 2 is 0.922 bits per heavy atom. The van der Waals surface area contributed by atoms with Crippen molar-refractivity contribution in [3.8, 4) is 23.0 Å². The molecule has 0 unspecified atom stereocenters. The summed E-state index contributed by atoms with van der Waals surface area (Å²) in [6, 6.07) is 4.83. The van der Waals surface area contributed by atoms with Gasteiger partial charge in [-0.15, -0.1) is 0 Å². The van der Waals surface area contributed by atoms with E-state index in [1.165, 1.54) is 55.2 Å². The average molecular weight is 1170 g/mol. The fraction of sp³-hybridized carbons (Fsp3) is 0.273. The molecule has 0 aliphatic rings. The SMILES string of the molecule is Cc1c(F)cc(Cc2nc(-c3ncc(Cl)c(Cl)n3)cn3ccnc23)cc1F.Cc1c(F)cc(Cc2nc(-c3ncc(Cl)c(NCC(O)(C(F)(F)F)C(F)(F)F)n3)cn3ccnc23)cc1F.NCC(O)(C(F)(F)F)C(F)(F)F. The number of aromatic nitrogens is 10. The summed E-state index contributed by atoms with van der Waals surface area (Å²) in [6.45, 7) is -1.32. The lowest BCUT2D eigenvalue weighted by Gasteiger charge is -2.32. The Kier molecular flexibility index (Phi) is 17.3. The molecular formula is C44H31Cl3F16N12O2. The topological polar surface area (TPSA) is 190 Å². The van der Waals surface area contributed by atoms with Gasteiger partial charge in [0, 0.05) is 67.7 Å². The molecule has 2 aromatic carbocycles. The first-order valence-corrected chi connectivity index (χ1v) is 22.1. The molecule has 0 saturated carbocycles. The van der Waals surface area contributed by atoms with Gasteiger partial charge in [0.2, 0.25) is 0 Å². The highest BCUT2D eigenvalue weighted by Crippen LogP contribution is 2.44. The Labute approximate surface area is 435 Å². The van der Waals surface area contributed by atoms with E-state index in [-0.39, 0.29) is 62.7 Å². The summed E-state index contributed by atoms with van der Waals surface area (Å²) < 4.78 is 207. The number of nitrogens with zero attached hydrogens (tertiary/aromatic N) is 10. The molecule has 77 heavy (non-hydrogen) atoms. The molecule has 0 saturated heterocycles. The third-order valence-electron chi connectivity index (χ3n) is 10.9. The monoisotopic (exact) mass is 1170 g/mol. The van der Waals surface area contributed by atoms with Crippen LogP contribution >= 0.6 is 34.8 Å². The summed E-state index contributed by atoms with van der Waals surface area (Å²) in [5.41, 5.74) is -3.19. The summed E-state index contributed by atoms with van der Waals surface area (Å²) in [6.07, 6.45) is -12.0.